The minimum Gasteiger partial charge on any atom is -0.494 e. The van der Waals surface area contributed by atoms with Gasteiger partial charge in [-0.3, -0.25) is 4.99 Å². The van der Waals surface area contributed by atoms with E-state index in [-0.39, 0.29) is 0 Å². The zero-order chi connectivity index (χ0) is 13.5. The first-order valence-corrected chi connectivity index (χ1v) is 6.15. The topological polar surface area (TPSA) is 21.6 Å². The average molecular weight is 249 g/mol. The molecule has 0 spiro atoms. The van der Waals surface area contributed by atoms with Gasteiger partial charge in [-0.2, -0.15) is 0 Å². The molecule has 0 bridgehead atoms. The summed E-state index contributed by atoms with van der Waals surface area (Å²) in [6.07, 6.45) is 7.12. The minimum absolute atomic E-state index is 0.676. The number of ether oxygens (including phenoxy) is 1. The summed E-state index contributed by atoms with van der Waals surface area (Å²) in [5.41, 5.74) is 2.78. The molecule has 2 heteroatoms. The summed E-state index contributed by atoms with van der Waals surface area (Å²) in [4.78, 5) is 4.39. The normalized spacial score (nSPS) is 10.3. The van der Waals surface area contributed by atoms with Gasteiger partial charge in [-0.1, -0.05) is 5.92 Å². The fourth-order valence-corrected chi connectivity index (χ4v) is 1.61. The van der Waals surface area contributed by atoms with Gasteiger partial charge in [0.1, 0.15) is 5.75 Å². The fraction of sp³-hybridized carbons (Fsp3) is 0.118. The lowest BCUT2D eigenvalue weighted by Crippen LogP contribution is -1.91. The Hall–Kier alpha value is -2.53. The van der Waals surface area contributed by atoms with Gasteiger partial charge in [-0.25, -0.2) is 0 Å². The third-order valence-corrected chi connectivity index (χ3v) is 2.59. The highest BCUT2D eigenvalue weighted by Gasteiger charge is 1.93. The van der Waals surface area contributed by atoms with Gasteiger partial charge in [0.15, 0.2) is 0 Å². The van der Waals surface area contributed by atoms with Crippen LogP contribution < -0.4 is 4.74 Å². The Balaban J connectivity index is 2.07. The van der Waals surface area contributed by atoms with Crippen LogP contribution in [0.1, 0.15) is 18.1 Å². The largest absolute Gasteiger partial charge is 0.494 e. The van der Waals surface area contributed by atoms with Gasteiger partial charge in [-0.15, -0.1) is 6.42 Å². The van der Waals surface area contributed by atoms with Gasteiger partial charge in [0.2, 0.25) is 0 Å². The number of benzene rings is 2. The van der Waals surface area contributed by atoms with Gasteiger partial charge in [0.05, 0.1) is 12.3 Å². The van der Waals surface area contributed by atoms with Crippen molar-refractivity contribution >= 4 is 11.9 Å². The molecule has 0 saturated carbocycles. The molecule has 0 aliphatic carbocycles. The number of hydrogen-bond donors (Lipinski definition) is 0. The molecule has 2 aromatic carbocycles. The van der Waals surface area contributed by atoms with Gasteiger partial charge >= 0.3 is 0 Å². The van der Waals surface area contributed by atoms with Gasteiger partial charge in [-0.05, 0) is 61.0 Å². The van der Waals surface area contributed by atoms with Gasteiger partial charge in [0, 0.05) is 11.8 Å². The molecule has 0 aromatic heterocycles. The highest BCUT2D eigenvalue weighted by Crippen LogP contribution is 2.14. The zero-order valence-electron chi connectivity index (χ0n) is 10.8. The van der Waals surface area contributed by atoms with Crippen molar-refractivity contribution in [2.24, 2.45) is 4.99 Å². The molecule has 0 N–H and O–H groups in total. The number of terminal acetylenes is 1. The molecule has 0 atom stereocenters. The molecule has 94 valence electrons. The lowest BCUT2D eigenvalue weighted by atomic mass is 10.2. The van der Waals surface area contributed by atoms with Gasteiger partial charge in [0.25, 0.3) is 0 Å². The first kappa shape index (κ1) is 12.9. The third kappa shape index (κ3) is 3.72. The van der Waals surface area contributed by atoms with Crippen molar-refractivity contribution in [2.45, 2.75) is 6.92 Å². The van der Waals surface area contributed by atoms with E-state index < -0.39 is 0 Å². The van der Waals surface area contributed by atoms with Gasteiger partial charge < -0.3 is 4.74 Å². The summed E-state index contributed by atoms with van der Waals surface area (Å²) in [6, 6.07) is 15.4. The lowest BCUT2D eigenvalue weighted by molar-refractivity contribution is 0.340. The van der Waals surface area contributed by atoms with E-state index >= 15 is 0 Å². The highest BCUT2D eigenvalue weighted by atomic mass is 16.5. The summed E-state index contributed by atoms with van der Waals surface area (Å²) in [5, 5.41) is 0. The summed E-state index contributed by atoms with van der Waals surface area (Å²) >= 11 is 0. The molecular weight excluding hydrogens is 234 g/mol. The maximum atomic E-state index is 5.39. The smallest absolute Gasteiger partial charge is 0.119 e. The van der Waals surface area contributed by atoms with Crippen LogP contribution in [0.4, 0.5) is 5.69 Å². The standard InChI is InChI=1S/C17H15NO/c1-3-14-5-9-16(10-6-14)18-13-15-7-11-17(12-8-15)19-4-2/h1,5-13H,4H2,2H3. The van der Waals surface area contributed by atoms with Crippen LogP contribution >= 0.6 is 0 Å². The molecule has 2 nitrogen and oxygen atoms in total. The first-order chi connectivity index (χ1) is 9.31. The second-order valence-electron chi connectivity index (χ2n) is 3.95. The maximum Gasteiger partial charge on any atom is 0.119 e. The van der Waals surface area contributed by atoms with Crippen molar-refractivity contribution < 1.29 is 4.74 Å². The minimum atomic E-state index is 0.676. The molecule has 0 unspecified atom stereocenters. The van der Waals surface area contributed by atoms with Crippen LogP contribution in [0, 0.1) is 12.3 Å². The Bertz CT molecular complexity index is 589. The van der Waals surface area contributed by atoms with E-state index in [9.17, 15) is 0 Å². The zero-order valence-corrected chi connectivity index (χ0v) is 10.8. The molecule has 0 aliphatic rings. The van der Waals surface area contributed by atoms with Crippen LogP contribution in [-0.4, -0.2) is 12.8 Å². The second-order valence-corrected chi connectivity index (χ2v) is 3.95. The lowest BCUT2D eigenvalue weighted by Gasteiger charge is -2.02. The first-order valence-electron chi connectivity index (χ1n) is 6.15. The van der Waals surface area contributed by atoms with Crippen molar-refractivity contribution in [3.05, 3.63) is 59.7 Å². The van der Waals surface area contributed by atoms with Crippen LogP contribution in [0.25, 0.3) is 0 Å². The van der Waals surface area contributed by atoms with E-state index in [1.165, 1.54) is 0 Å². The Morgan fingerprint density at radius 3 is 2.37 bits per heavy atom. The highest BCUT2D eigenvalue weighted by molar-refractivity contribution is 5.82. The summed E-state index contributed by atoms with van der Waals surface area (Å²) in [6.45, 7) is 2.64. The predicted molar refractivity (Wildman–Crippen MR) is 79.2 cm³/mol. The maximum absolute atomic E-state index is 5.39. The Labute approximate surface area is 113 Å². The van der Waals surface area contributed by atoms with E-state index in [1.54, 1.807) is 0 Å². The molecule has 0 aliphatic heterocycles. The fourth-order valence-electron chi connectivity index (χ4n) is 1.61. The van der Waals surface area contributed by atoms with E-state index in [0.717, 1.165) is 22.6 Å². The number of rotatable bonds is 4. The van der Waals surface area contributed by atoms with Crippen molar-refractivity contribution in [2.75, 3.05) is 6.61 Å². The summed E-state index contributed by atoms with van der Waals surface area (Å²) < 4.78 is 5.39. The molecule has 0 radical (unpaired) electrons. The molecule has 0 fully saturated rings. The molecular formula is C17H15NO. The van der Waals surface area contributed by atoms with Crippen LogP contribution in [0.5, 0.6) is 5.75 Å². The third-order valence-electron chi connectivity index (χ3n) is 2.59. The second kappa shape index (κ2) is 6.42. The van der Waals surface area contributed by atoms with Crippen molar-refractivity contribution in [1.29, 1.82) is 0 Å². The van der Waals surface area contributed by atoms with Crippen LogP contribution in [0.2, 0.25) is 0 Å². The molecule has 0 saturated heterocycles. The van der Waals surface area contributed by atoms with E-state index in [4.69, 9.17) is 11.2 Å². The Kier molecular flexibility index (Phi) is 4.36. The van der Waals surface area contributed by atoms with Crippen LogP contribution in [0.15, 0.2) is 53.5 Å². The SMILES string of the molecule is C#Cc1ccc(N=Cc2ccc(OCC)cc2)cc1. The predicted octanol–water partition coefficient (Wildman–Crippen LogP) is 3.82. The van der Waals surface area contributed by atoms with Crippen LogP contribution in [0.3, 0.4) is 0 Å². The number of nitrogens with zero attached hydrogens (tertiary/aromatic N) is 1. The molecule has 0 heterocycles. The average Bonchev–Trinajstić information content (AvgIpc) is 2.47. The monoisotopic (exact) mass is 249 g/mol. The summed E-state index contributed by atoms with van der Waals surface area (Å²) in [7, 11) is 0. The molecule has 2 aromatic rings. The van der Waals surface area contributed by atoms with Crippen LogP contribution in [-0.2, 0) is 0 Å². The van der Waals surface area contributed by atoms with E-state index in [2.05, 4.69) is 10.9 Å². The van der Waals surface area contributed by atoms with Crippen molar-refractivity contribution in [3.8, 4) is 18.1 Å². The quantitative estimate of drug-likeness (QED) is 0.596. The Morgan fingerprint density at radius 1 is 1.11 bits per heavy atom. The number of hydrogen-bond acceptors (Lipinski definition) is 2. The molecule has 19 heavy (non-hydrogen) atoms. The molecule has 0 amide bonds. The van der Waals surface area contributed by atoms with Crippen molar-refractivity contribution in [3.63, 3.8) is 0 Å². The summed E-state index contributed by atoms with van der Waals surface area (Å²) in [5.74, 6) is 3.45. The molecule has 2 rings (SSSR count). The van der Waals surface area contributed by atoms with E-state index in [1.807, 2.05) is 61.7 Å². The number of aliphatic imine (C=N–C) groups is 1. The Morgan fingerprint density at radius 2 is 1.79 bits per heavy atom. The van der Waals surface area contributed by atoms with E-state index in [0.29, 0.717) is 6.61 Å². The van der Waals surface area contributed by atoms with Crippen molar-refractivity contribution in [1.82, 2.24) is 0 Å².